The Balaban J connectivity index is 2.24. The van der Waals surface area contributed by atoms with Gasteiger partial charge in [0.05, 0.1) is 0 Å². The van der Waals surface area contributed by atoms with Crippen LogP contribution in [0, 0.1) is 5.92 Å². The third-order valence-electron chi connectivity index (χ3n) is 2.63. The van der Waals surface area contributed by atoms with Crippen LogP contribution in [0.3, 0.4) is 0 Å². The lowest BCUT2D eigenvalue weighted by Crippen LogP contribution is -2.31. The van der Waals surface area contributed by atoms with Crippen molar-refractivity contribution in [1.29, 1.82) is 0 Å². The molecule has 0 radical (unpaired) electrons. The molecule has 3 heteroatoms. The van der Waals surface area contributed by atoms with Gasteiger partial charge in [0.2, 0.25) is 0 Å². The second-order valence-corrected chi connectivity index (χ2v) is 5.57. The summed E-state index contributed by atoms with van der Waals surface area (Å²) < 4.78 is 0. The predicted molar refractivity (Wildman–Crippen MR) is 66.0 cm³/mol. The molecule has 13 heavy (non-hydrogen) atoms. The van der Waals surface area contributed by atoms with Crippen LogP contribution >= 0.6 is 27.7 Å². The van der Waals surface area contributed by atoms with Crippen LogP contribution in [0.25, 0.3) is 0 Å². The zero-order chi connectivity index (χ0) is 9.52. The van der Waals surface area contributed by atoms with Gasteiger partial charge in [-0.2, -0.15) is 11.8 Å². The zero-order valence-corrected chi connectivity index (χ0v) is 10.9. The third kappa shape index (κ3) is 4.71. The van der Waals surface area contributed by atoms with Gasteiger partial charge in [-0.15, -0.1) is 0 Å². The molecule has 1 rings (SSSR count). The number of nitrogens with zero attached hydrogens (tertiary/aromatic N) is 1. The van der Waals surface area contributed by atoms with Gasteiger partial charge in [-0.25, -0.2) is 0 Å². The van der Waals surface area contributed by atoms with Crippen molar-refractivity contribution in [1.82, 2.24) is 4.90 Å². The van der Waals surface area contributed by atoms with Gasteiger partial charge in [-0.05, 0) is 24.6 Å². The first-order valence-corrected chi connectivity index (χ1v) is 7.50. The molecule has 1 nitrogen and oxygen atoms in total. The topological polar surface area (TPSA) is 3.24 Å². The quantitative estimate of drug-likeness (QED) is 0.720. The zero-order valence-electron chi connectivity index (χ0n) is 8.47. The number of hydrogen-bond acceptors (Lipinski definition) is 2. The lowest BCUT2D eigenvalue weighted by molar-refractivity contribution is 0.254. The van der Waals surface area contributed by atoms with E-state index in [9.17, 15) is 0 Å². The SMILES string of the molecule is CCC(CBr)CN1CCCSCC1. The highest BCUT2D eigenvalue weighted by atomic mass is 79.9. The van der Waals surface area contributed by atoms with E-state index in [4.69, 9.17) is 0 Å². The molecule has 0 saturated carbocycles. The monoisotopic (exact) mass is 265 g/mol. The summed E-state index contributed by atoms with van der Waals surface area (Å²) in [5.74, 6) is 3.54. The first kappa shape index (κ1) is 11.9. The van der Waals surface area contributed by atoms with Crippen molar-refractivity contribution in [3.05, 3.63) is 0 Å². The van der Waals surface area contributed by atoms with Crippen LogP contribution in [-0.4, -0.2) is 41.4 Å². The minimum Gasteiger partial charge on any atom is -0.302 e. The molecule has 1 unspecified atom stereocenters. The number of thioether (sulfide) groups is 1. The Bertz CT molecular complexity index is 120. The summed E-state index contributed by atoms with van der Waals surface area (Å²) in [5.41, 5.74) is 0. The largest absolute Gasteiger partial charge is 0.302 e. The highest BCUT2D eigenvalue weighted by Crippen LogP contribution is 2.14. The van der Waals surface area contributed by atoms with Crippen LogP contribution in [0.4, 0.5) is 0 Å². The Kier molecular flexibility index (Phi) is 6.51. The van der Waals surface area contributed by atoms with Gasteiger partial charge in [0.1, 0.15) is 0 Å². The summed E-state index contributed by atoms with van der Waals surface area (Å²) in [6.07, 6.45) is 2.68. The normalized spacial score (nSPS) is 22.6. The summed E-state index contributed by atoms with van der Waals surface area (Å²) in [5, 5.41) is 1.16. The first-order valence-electron chi connectivity index (χ1n) is 5.23. The van der Waals surface area contributed by atoms with Crippen LogP contribution in [0.2, 0.25) is 0 Å². The molecule has 1 aliphatic heterocycles. The maximum absolute atomic E-state index is 3.59. The van der Waals surface area contributed by atoms with E-state index in [1.807, 2.05) is 0 Å². The second kappa shape index (κ2) is 7.13. The van der Waals surface area contributed by atoms with Crippen molar-refractivity contribution in [2.45, 2.75) is 19.8 Å². The van der Waals surface area contributed by atoms with Gasteiger partial charge in [-0.1, -0.05) is 29.3 Å². The van der Waals surface area contributed by atoms with Crippen molar-refractivity contribution in [2.24, 2.45) is 5.92 Å². The van der Waals surface area contributed by atoms with Crippen molar-refractivity contribution >= 4 is 27.7 Å². The molecule has 1 fully saturated rings. The number of alkyl halides is 1. The van der Waals surface area contributed by atoms with Crippen molar-refractivity contribution in [2.75, 3.05) is 36.5 Å². The molecule has 1 heterocycles. The van der Waals surface area contributed by atoms with E-state index in [1.165, 1.54) is 44.0 Å². The molecule has 0 N–H and O–H groups in total. The van der Waals surface area contributed by atoms with Crippen LogP contribution in [0.15, 0.2) is 0 Å². The summed E-state index contributed by atoms with van der Waals surface area (Å²) in [4.78, 5) is 2.63. The molecule has 78 valence electrons. The molecule has 1 atom stereocenters. The Morgan fingerprint density at radius 3 is 2.92 bits per heavy atom. The van der Waals surface area contributed by atoms with Crippen LogP contribution in [0.1, 0.15) is 19.8 Å². The molecule has 0 spiro atoms. The minimum atomic E-state index is 0.850. The van der Waals surface area contributed by atoms with E-state index >= 15 is 0 Å². The summed E-state index contributed by atoms with van der Waals surface area (Å²) in [6.45, 7) is 6.20. The van der Waals surface area contributed by atoms with Crippen LogP contribution < -0.4 is 0 Å². The van der Waals surface area contributed by atoms with Gasteiger partial charge in [0.15, 0.2) is 0 Å². The molecule has 0 aromatic rings. The molecule has 1 aliphatic rings. The highest BCUT2D eigenvalue weighted by molar-refractivity contribution is 9.09. The van der Waals surface area contributed by atoms with E-state index in [0.717, 1.165) is 11.2 Å². The molecule has 0 aliphatic carbocycles. The number of halogens is 1. The summed E-state index contributed by atoms with van der Waals surface area (Å²) in [7, 11) is 0. The Morgan fingerprint density at radius 1 is 1.38 bits per heavy atom. The van der Waals surface area contributed by atoms with Gasteiger partial charge >= 0.3 is 0 Å². The highest BCUT2D eigenvalue weighted by Gasteiger charge is 2.13. The van der Waals surface area contributed by atoms with E-state index in [-0.39, 0.29) is 0 Å². The predicted octanol–water partition coefficient (Wildman–Crippen LogP) is 2.85. The van der Waals surface area contributed by atoms with Crippen molar-refractivity contribution in [3.8, 4) is 0 Å². The summed E-state index contributed by atoms with van der Waals surface area (Å²) in [6, 6.07) is 0. The minimum absolute atomic E-state index is 0.850. The first-order chi connectivity index (χ1) is 6.36. The molecule has 0 aromatic heterocycles. The van der Waals surface area contributed by atoms with Crippen LogP contribution in [0.5, 0.6) is 0 Å². The van der Waals surface area contributed by atoms with Gasteiger partial charge in [0, 0.05) is 24.2 Å². The van der Waals surface area contributed by atoms with Gasteiger partial charge < -0.3 is 4.90 Å². The van der Waals surface area contributed by atoms with E-state index in [1.54, 1.807) is 0 Å². The van der Waals surface area contributed by atoms with E-state index in [0.29, 0.717) is 0 Å². The number of hydrogen-bond donors (Lipinski definition) is 0. The summed E-state index contributed by atoms with van der Waals surface area (Å²) >= 11 is 5.70. The molecule has 0 amide bonds. The van der Waals surface area contributed by atoms with E-state index < -0.39 is 0 Å². The second-order valence-electron chi connectivity index (χ2n) is 3.70. The Hall–Kier alpha value is 0.790. The smallest absolute Gasteiger partial charge is 0.00725 e. The number of rotatable bonds is 4. The van der Waals surface area contributed by atoms with Crippen molar-refractivity contribution in [3.63, 3.8) is 0 Å². The van der Waals surface area contributed by atoms with Crippen LogP contribution in [-0.2, 0) is 0 Å². The molecule has 0 bridgehead atoms. The molecule has 0 aromatic carbocycles. The standard InChI is InChI=1S/C10H20BrNS/c1-2-10(8-11)9-12-4-3-6-13-7-5-12/h10H,2-9H2,1H3. The lowest BCUT2D eigenvalue weighted by atomic mass is 10.1. The third-order valence-corrected chi connectivity index (χ3v) is 4.59. The van der Waals surface area contributed by atoms with Crippen molar-refractivity contribution < 1.29 is 0 Å². The fourth-order valence-electron chi connectivity index (χ4n) is 1.63. The molecule has 1 saturated heterocycles. The Labute approximate surface area is 94.8 Å². The molecular formula is C10H20BrNS. The lowest BCUT2D eigenvalue weighted by Gasteiger charge is -2.23. The van der Waals surface area contributed by atoms with Gasteiger partial charge in [0.25, 0.3) is 0 Å². The maximum Gasteiger partial charge on any atom is 0.00725 e. The van der Waals surface area contributed by atoms with E-state index in [2.05, 4.69) is 39.5 Å². The average Bonchev–Trinajstić information content (AvgIpc) is 2.42. The average molecular weight is 266 g/mol. The van der Waals surface area contributed by atoms with Gasteiger partial charge in [-0.3, -0.25) is 0 Å². The maximum atomic E-state index is 3.59. The fourth-order valence-corrected chi connectivity index (χ4v) is 3.22. The molecular weight excluding hydrogens is 246 g/mol. The Morgan fingerprint density at radius 2 is 2.23 bits per heavy atom. The fraction of sp³-hybridized carbons (Fsp3) is 1.00.